The van der Waals surface area contributed by atoms with E-state index in [9.17, 15) is 4.79 Å². The molecule has 0 spiro atoms. The predicted molar refractivity (Wildman–Crippen MR) is 76.4 cm³/mol. The highest BCUT2D eigenvalue weighted by Crippen LogP contribution is 2.23. The minimum atomic E-state index is -0.688. The van der Waals surface area contributed by atoms with Crippen molar-refractivity contribution in [2.24, 2.45) is 0 Å². The quantitative estimate of drug-likeness (QED) is 0.802. The van der Waals surface area contributed by atoms with Crippen LogP contribution in [-0.4, -0.2) is 31.7 Å². The summed E-state index contributed by atoms with van der Waals surface area (Å²) in [6.07, 6.45) is 2.60. The molecule has 1 N–H and O–H groups in total. The van der Waals surface area contributed by atoms with Crippen LogP contribution in [0.1, 0.15) is 18.6 Å². The highest BCUT2D eigenvalue weighted by molar-refractivity contribution is 5.81. The third kappa shape index (κ3) is 3.52. The van der Waals surface area contributed by atoms with E-state index >= 15 is 0 Å². The molecule has 114 valence electrons. The number of carbonyl (C=O) groups is 1. The minimum Gasteiger partial charge on any atom is -0.395 e. The molecule has 0 aliphatic carbocycles. The second-order valence-corrected chi connectivity index (χ2v) is 4.31. The molecule has 1 aliphatic heterocycles. The number of nitrogens with zero attached hydrogens (tertiary/aromatic N) is 2. The summed E-state index contributed by atoms with van der Waals surface area (Å²) in [5, 5.41) is 2.87. The fourth-order valence-electron chi connectivity index (χ4n) is 1.89. The standard InChI is InChI=1S/C14H19N3O4/c1-4-20-13(14(18)16(2)19-3)11-5-7-12(8-6-11)17-9-10-21-15-17/h5-10,13,15H,4H2,1-3H3. The van der Waals surface area contributed by atoms with Crippen molar-refractivity contribution in [3.63, 3.8) is 0 Å². The fraction of sp³-hybridized carbons (Fsp3) is 0.357. The van der Waals surface area contributed by atoms with Gasteiger partial charge in [0.15, 0.2) is 6.10 Å². The van der Waals surface area contributed by atoms with Crippen LogP contribution in [-0.2, 0) is 19.2 Å². The summed E-state index contributed by atoms with van der Waals surface area (Å²) in [6.45, 7) is 2.28. The minimum absolute atomic E-state index is 0.255. The molecule has 2 rings (SSSR count). The number of hydrogen-bond acceptors (Lipinski definition) is 6. The number of nitrogens with one attached hydrogen (secondary N) is 1. The van der Waals surface area contributed by atoms with E-state index in [1.165, 1.54) is 13.4 Å². The van der Waals surface area contributed by atoms with Crippen LogP contribution < -0.4 is 10.6 Å². The number of hydrogen-bond donors (Lipinski definition) is 1. The van der Waals surface area contributed by atoms with Crippen molar-refractivity contribution in [1.29, 1.82) is 0 Å². The van der Waals surface area contributed by atoms with E-state index in [0.717, 1.165) is 16.3 Å². The van der Waals surface area contributed by atoms with E-state index in [4.69, 9.17) is 14.4 Å². The molecule has 1 amide bonds. The van der Waals surface area contributed by atoms with Gasteiger partial charge < -0.3 is 9.57 Å². The molecule has 1 unspecified atom stereocenters. The number of carbonyl (C=O) groups excluding carboxylic acids is 1. The van der Waals surface area contributed by atoms with Crippen LogP contribution in [0.25, 0.3) is 0 Å². The Labute approximate surface area is 123 Å². The zero-order valence-corrected chi connectivity index (χ0v) is 12.3. The lowest BCUT2D eigenvalue weighted by Gasteiger charge is -2.22. The van der Waals surface area contributed by atoms with Crippen LogP contribution in [0.2, 0.25) is 0 Å². The molecule has 7 heteroatoms. The number of likely N-dealkylation sites (N-methyl/N-ethyl adjacent to an activating group) is 1. The van der Waals surface area contributed by atoms with Gasteiger partial charge in [-0.05, 0) is 24.6 Å². The third-order valence-electron chi connectivity index (χ3n) is 3.04. The summed E-state index contributed by atoms with van der Waals surface area (Å²) in [7, 11) is 2.99. The lowest BCUT2D eigenvalue weighted by molar-refractivity contribution is -0.181. The van der Waals surface area contributed by atoms with Gasteiger partial charge in [0.05, 0.1) is 19.0 Å². The largest absolute Gasteiger partial charge is 0.395 e. The van der Waals surface area contributed by atoms with E-state index in [0.29, 0.717) is 6.61 Å². The van der Waals surface area contributed by atoms with Crippen LogP contribution in [0.3, 0.4) is 0 Å². The summed E-state index contributed by atoms with van der Waals surface area (Å²) in [5.74, 6) is -0.255. The van der Waals surface area contributed by atoms with Crippen molar-refractivity contribution < 1.29 is 19.2 Å². The van der Waals surface area contributed by atoms with Crippen LogP contribution >= 0.6 is 0 Å². The molecule has 0 aromatic heterocycles. The monoisotopic (exact) mass is 293 g/mol. The number of anilines is 1. The predicted octanol–water partition coefficient (Wildman–Crippen LogP) is 1.51. The van der Waals surface area contributed by atoms with Gasteiger partial charge in [-0.1, -0.05) is 17.7 Å². The normalized spacial score (nSPS) is 14.9. The maximum atomic E-state index is 12.2. The van der Waals surface area contributed by atoms with Crippen molar-refractivity contribution in [3.8, 4) is 0 Å². The van der Waals surface area contributed by atoms with Gasteiger partial charge in [-0.3, -0.25) is 9.63 Å². The number of benzene rings is 1. The summed E-state index contributed by atoms with van der Waals surface area (Å²) in [6, 6.07) is 7.41. The summed E-state index contributed by atoms with van der Waals surface area (Å²) in [4.78, 5) is 22.1. The molecule has 0 fully saturated rings. The Morgan fingerprint density at radius 1 is 1.43 bits per heavy atom. The van der Waals surface area contributed by atoms with Crippen molar-refractivity contribution in [2.75, 3.05) is 25.8 Å². The zero-order chi connectivity index (χ0) is 15.2. The smallest absolute Gasteiger partial charge is 0.279 e. The number of amides is 1. The molecule has 0 radical (unpaired) electrons. The highest BCUT2D eigenvalue weighted by Gasteiger charge is 2.24. The molecule has 0 bridgehead atoms. The second kappa shape index (κ2) is 7.07. The Kier molecular flexibility index (Phi) is 5.15. The summed E-state index contributed by atoms with van der Waals surface area (Å²) < 4.78 is 5.54. The molecule has 21 heavy (non-hydrogen) atoms. The Bertz CT molecular complexity index is 503. The molecule has 1 atom stereocenters. The average Bonchev–Trinajstić information content (AvgIpc) is 3.06. The number of hydrazine groups is 1. The molecular formula is C14H19N3O4. The van der Waals surface area contributed by atoms with Crippen LogP contribution in [0, 0.1) is 0 Å². The molecule has 1 aliphatic rings. The first kappa shape index (κ1) is 15.3. The van der Waals surface area contributed by atoms with E-state index in [1.54, 1.807) is 18.3 Å². The molecule has 7 nitrogen and oxygen atoms in total. The van der Waals surface area contributed by atoms with Gasteiger partial charge in [-0.25, -0.2) is 10.1 Å². The van der Waals surface area contributed by atoms with Gasteiger partial charge in [0.2, 0.25) is 0 Å². The molecule has 1 aromatic carbocycles. The van der Waals surface area contributed by atoms with Crippen LogP contribution in [0.5, 0.6) is 0 Å². The van der Waals surface area contributed by atoms with Gasteiger partial charge >= 0.3 is 0 Å². The number of ether oxygens (including phenoxy) is 1. The Morgan fingerprint density at radius 2 is 2.14 bits per heavy atom. The molecule has 1 aromatic rings. The molecule has 0 saturated heterocycles. The lowest BCUT2D eigenvalue weighted by Crippen LogP contribution is -2.32. The fourth-order valence-corrected chi connectivity index (χ4v) is 1.89. The van der Waals surface area contributed by atoms with Crippen LogP contribution in [0.15, 0.2) is 36.7 Å². The van der Waals surface area contributed by atoms with Crippen molar-refractivity contribution >= 4 is 11.6 Å². The van der Waals surface area contributed by atoms with Gasteiger partial charge in [-0.15, -0.1) is 0 Å². The number of rotatable bonds is 6. The Morgan fingerprint density at radius 3 is 2.67 bits per heavy atom. The van der Waals surface area contributed by atoms with E-state index in [1.807, 2.05) is 31.2 Å². The van der Waals surface area contributed by atoms with Crippen molar-refractivity contribution in [1.82, 2.24) is 10.7 Å². The molecular weight excluding hydrogens is 274 g/mol. The van der Waals surface area contributed by atoms with Gasteiger partial charge in [-0.2, -0.15) is 0 Å². The SMILES string of the molecule is CCOC(C(=O)N(C)OC)c1ccc(N2C=CON2)cc1. The summed E-state index contributed by atoms with van der Waals surface area (Å²) in [5.41, 5.74) is 4.34. The van der Waals surface area contributed by atoms with E-state index in [-0.39, 0.29) is 5.91 Å². The van der Waals surface area contributed by atoms with E-state index < -0.39 is 6.10 Å². The first-order chi connectivity index (χ1) is 10.2. The van der Waals surface area contributed by atoms with Gasteiger partial charge in [0.25, 0.3) is 5.91 Å². The first-order valence-corrected chi connectivity index (χ1v) is 6.57. The second-order valence-electron chi connectivity index (χ2n) is 4.31. The van der Waals surface area contributed by atoms with Gasteiger partial charge in [0.1, 0.15) is 6.26 Å². The maximum absolute atomic E-state index is 12.2. The third-order valence-corrected chi connectivity index (χ3v) is 3.04. The van der Waals surface area contributed by atoms with Crippen LogP contribution in [0.4, 0.5) is 5.69 Å². The molecule has 0 saturated carbocycles. The lowest BCUT2D eigenvalue weighted by atomic mass is 10.1. The van der Waals surface area contributed by atoms with Crippen molar-refractivity contribution in [3.05, 3.63) is 42.3 Å². The highest BCUT2D eigenvalue weighted by atomic mass is 16.7. The topological polar surface area (TPSA) is 63.3 Å². The van der Waals surface area contributed by atoms with Crippen molar-refractivity contribution in [2.45, 2.75) is 13.0 Å². The molecule has 1 heterocycles. The zero-order valence-electron chi connectivity index (χ0n) is 12.3. The van der Waals surface area contributed by atoms with Gasteiger partial charge in [0, 0.05) is 13.7 Å². The maximum Gasteiger partial charge on any atom is 0.279 e. The Balaban J connectivity index is 2.16. The first-order valence-electron chi connectivity index (χ1n) is 6.57. The summed E-state index contributed by atoms with van der Waals surface area (Å²) >= 11 is 0. The van der Waals surface area contributed by atoms with E-state index in [2.05, 4.69) is 5.59 Å². The average molecular weight is 293 g/mol. The Hall–Kier alpha value is -2.09. The number of hydroxylamine groups is 2.